The summed E-state index contributed by atoms with van der Waals surface area (Å²) >= 11 is 0. The maximum atomic E-state index is 5.54. The van der Waals surface area contributed by atoms with Crippen molar-refractivity contribution in [3.63, 3.8) is 0 Å². The lowest BCUT2D eigenvalue weighted by molar-refractivity contribution is -0.0811. The lowest BCUT2D eigenvalue weighted by Gasteiger charge is -2.34. The van der Waals surface area contributed by atoms with E-state index in [1.807, 2.05) is 7.05 Å². The molecule has 0 aromatic rings. The van der Waals surface area contributed by atoms with E-state index >= 15 is 0 Å². The lowest BCUT2D eigenvalue weighted by Crippen LogP contribution is -2.50. The van der Waals surface area contributed by atoms with Crippen molar-refractivity contribution >= 4 is 0 Å². The highest BCUT2D eigenvalue weighted by Crippen LogP contribution is 2.07. The van der Waals surface area contributed by atoms with Crippen LogP contribution < -0.4 is 5.43 Å². The zero-order chi connectivity index (χ0) is 7.56. The molecule has 0 aliphatic carbocycles. The standard InChI is InChI=1S/C7H16N2O/c1-6-4-9(8-3)5-7(2)10-6/h6-8H,4-5H2,1-3H3/t6-,7+. The molecule has 10 heavy (non-hydrogen) atoms. The summed E-state index contributed by atoms with van der Waals surface area (Å²) in [5.74, 6) is 0. The Hall–Kier alpha value is -0.120. The van der Waals surface area contributed by atoms with Gasteiger partial charge in [0.2, 0.25) is 0 Å². The van der Waals surface area contributed by atoms with E-state index in [-0.39, 0.29) is 0 Å². The van der Waals surface area contributed by atoms with E-state index < -0.39 is 0 Å². The second-order valence-corrected chi connectivity index (χ2v) is 2.89. The summed E-state index contributed by atoms with van der Waals surface area (Å²) in [5, 5.41) is 2.18. The summed E-state index contributed by atoms with van der Waals surface area (Å²) in [6.45, 7) is 6.17. The summed E-state index contributed by atoms with van der Waals surface area (Å²) in [6, 6.07) is 0. The van der Waals surface area contributed by atoms with Crippen LogP contribution in [0.3, 0.4) is 0 Å². The fourth-order valence-electron chi connectivity index (χ4n) is 1.36. The van der Waals surface area contributed by atoms with Crippen LogP contribution in [0.2, 0.25) is 0 Å². The average Bonchev–Trinajstić information content (AvgIpc) is 1.85. The zero-order valence-corrected chi connectivity index (χ0v) is 6.92. The molecule has 1 saturated heterocycles. The van der Waals surface area contributed by atoms with Crippen LogP contribution in [-0.4, -0.2) is 37.4 Å². The Labute approximate surface area is 62.3 Å². The number of hydrazine groups is 1. The van der Waals surface area contributed by atoms with Crippen LogP contribution >= 0.6 is 0 Å². The Morgan fingerprint density at radius 1 is 1.30 bits per heavy atom. The van der Waals surface area contributed by atoms with Gasteiger partial charge in [0.05, 0.1) is 12.2 Å². The molecule has 0 saturated carbocycles. The topological polar surface area (TPSA) is 24.5 Å². The van der Waals surface area contributed by atoms with Crippen molar-refractivity contribution < 1.29 is 4.74 Å². The Bertz CT molecular complexity index is 97.8. The first kappa shape index (κ1) is 7.98. The van der Waals surface area contributed by atoms with Gasteiger partial charge in [-0.2, -0.15) is 0 Å². The Morgan fingerprint density at radius 3 is 2.20 bits per heavy atom. The van der Waals surface area contributed by atoms with E-state index in [0.29, 0.717) is 12.2 Å². The zero-order valence-electron chi connectivity index (χ0n) is 6.92. The number of morpholine rings is 1. The van der Waals surface area contributed by atoms with Crippen molar-refractivity contribution in [2.45, 2.75) is 26.1 Å². The molecule has 0 aromatic carbocycles. The third-order valence-electron chi connectivity index (χ3n) is 1.74. The van der Waals surface area contributed by atoms with Gasteiger partial charge >= 0.3 is 0 Å². The van der Waals surface area contributed by atoms with Crippen LogP contribution in [0, 0.1) is 0 Å². The minimum Gasteiger partial charge on any atom is -0.373 e. The molecule has 0 unspecified atom stereocenters. The SMILES string of the molecule is CNN1C[C@@H](C)O[C@@H](C)C1. The number of rotatable bonds is 1. The average molecular weight is 144 g/mol. The maximum absolute atomic E-state index is 5.54. The summed E-state index contributed by atoms with van der Waals surface area (Å²) in [5.41, 5.74) is 3.12. The van der Waals surface area contributed by atoms with Gasteiger partial charge in [-0.3, -0.25) is 5.43 Å². The molecule has 2 atom stereocenters. The van der Waals surface area contributed by atoms with Crippen molar-refractivity contribution in [1.29, 1.82) is 0 Å². The quantitative estimate of drug-likeness (QED) is 0.570. The molecule has 60 valence electrons. The highest BCUT2D eigenvalue weighted by Gasteiger charge is 2.20. The molecule has 1 fully saturated rings. The van der Waals surface area contributed by atoms with Gasteiger partial charge in [-0.15, -0.1) is 0 Å². The van der Waals surface area contributed by atoms with E-state index in [9.17, 15) is 0 Å². The van der Waals surface area contributed by atoms with Crippen molar-refractivity contribution in [2.24, 2.45) is 0 Å². The molecule has 0 aromatic heterocycles. The maximum Gasteiger partial charge on any atom is 0.0692 e. The van der Waals surface area contributed by atoms with Crippen LogP contribution in [-0.2, 0) is 4.74 Å². The molecule has 3 nitrogen and oxygen atoms in total. The van der Waals surface area contributed by atoms with E-state index in [2.05, 4.69) is 24.3 Å². The Balaban J connectivity index is 2.35. The molecule has 0 amide bonds. The molecular formula is C7H16N2O. The van der Waals surface area contributed by atoms with Crippen LogP contribution in [0.1, 0.15) is 13.8 Å². The molecule has 0 spiro atoms. The van der Waals surface area contributed by atoms with Gasteiger partial charge in [0.25, 0.3) is 0 Å². The molecule has 3 heteroatoms. The summed E-state index contributed by atoms with van der Waals surface area (Å²) in [4.78, 5) is 0. The number of nitrogens with one attached hydrogen (secondary N) is 1. The molecule has 0 bridgehead atoms. The summed E-state index contributed by atoms with van der Waals surface area (Å²) in [6.07, 6.45) is 0.715. The van der Waals surface area contributed by atoms with Crippen molar-refractivity contribution in [1.82, 2.24) is 10.4 Å². The highest BCUT2D eigenvalue weighted by molar-refractivity contribution is 4.69. The molecule has 1 aliphatic heterocycles. The second kappa shape index (κ2) is 3.32. The minimum absolute atomic E-state index is 0.358. The minimum atomic E-state index is 0.358. The van der Waals surface area contributed by atoms with Gasteiger partial charge < -0.3 is 4.74 Å². The predicted octanol–water partition coefficient (Wildman–Crippen LogP) is 0.230. The fraction of sp³-hybridized carbons (Fsp3) is 1.00. The fourth-order valence-corrected chi connectivity index (χ4v) is 1.36. The number of hydrogen-bond donors (Lipinski definition) is 1. The normalized spacial score (nSPS) is 36.3. The van der Waals surface area contributed by atoms with Gasteiger partial charge in [0, 0.05) is 13.1 Å². The molecule has 1 aliphatic rings. The van der Waals surface area contributed by atoms with Gasteiger partial charge in [0.1, 0.15) is 0 Å². The first-order valence-electron chi connectivity index (χ1n) is 3.80. The Kier molecular flexibility index (Phi) is 2.65. The van der Waals surface area contributed by atoms with Gasteiger partial charge in [-0.05, 0) is 20.9 Å². The molecular weight excluding hydrogens is 128 g/mol. The molecule has 0 radical (unpaired) electrons. The predicted molar refractivity (Wildman–Crippen MR) is 40.6 cm³/mol. The van der Waals surface area contributed by atoms with E-state index in [1.165, 1.54) is 0 Å². The van der Waals surface area contributed by atoms with E-state index in [4.69, 9.17) is 4.74 Å². The first-order chi connectivity index (χ1) is 4.72. The van der Waals surface area contributed by atoms with Crippen molar-refractivity contribution in [3.8, 4) is 0 Å². The van der Waals surface area contributed by atoms with Gasteiger partial charge in [-0.1, -0.05) is 0 Å². The lowest BCUT2D eigenvalue weighted by atomic mass is 10.3. The van der Waals surface area contributed by atoms with Crippen molar-refractivity contribution in [3.05, 3.63) is 0 Å². The third-order valence-corrected chi connectivity index (χ3v) is 1.74. The number of hydrogen-bond acceptors (Lipinski definition) is 3. The summed E-state index contributed by atoms with van der Waals surface area (Å²) < 4.78 is 5.54. The first-order valence-corrected chi connectivity index (χ1v) is 3.80. The summed E-state index contributed by atoms with van der Waals surface area (Å²) in [7, 11) is 1.95. The van der Waals surface area contributed by atoms with Crippen molar-refractivity contribution in [2.75, 3.05) is 20.1 Å². The highest BCUT2D eigenvalue weighted by atomic mass is 16.5. The van der Waals surface area contributed by atoms with Crippen LogP contribution in [0.5, 0.6) is 0 Å². The smallest absolute Gasteiger partial charge is 0.0692 e. The van der Waals surface area contributed by atoms with Gasteiger partial charge in [0.15, 0.2) is 0 Å². The molecule has 1 heterocycles. The van der Waals surface area contributed by atoms with E-state index in [0.717, 1.165) is 13.1 Å². The molecule has 1 rings (SSSR count). The van der Waals surface area contributed by atoms with Crippen LogP contribution in [0.4, 0.5) is 0 Å². The molecule has 1 N–H and O–H groups in total. The number of ether oxygens (including phenoxy) is 1. The largest absolute Gasteiger partial charge is 0.373 e. The Morgan fingerprint density at radius 2 is 1.80 bits per heavy atom. The second-order valence-electron chi connectivity index (χ2n) is 2.89. The number of nitrogens with zero attached hydrogens (tertiary/aromatic N) is 1. The van der Waals surface area contributed by atoms with E-state index in [1.54, 1.807) is 0 Å². The van der Waals surface area contributed by atoms with Gasteiger partial charge in [-0.25, -0.2) is 5.01 Å². The third kappa shape index (κ3) is 1.94. The van der Waals surface area contributed by atoms with Crippen LogP contribution in [0.25, 0.3) is 0 Å². The monoisotopic (exact) mass is 144 g/mol. The van der Waals surface area contributed by atoms with Crippen LogP contribution in [0.15, 0.2) is 0 Å².